The quantitative estimate of drug-likeness (QED) is 0.402. The lowest BCUT2D eigenvalue weighted by Gasteiger charge is -2.11. The van der Waals surface area contributed by atoms with Crippen molar-refractivity contribution >= 4 is 0 Å². The first-order chi connectivity index (χ1) is 15.0. The summed E-state index contributed by atoms with van der Waals surface area (Å²) >= 11 is 0. The van der Waals surface area contributed by atoms with Gasteiger partial charge in [-0.25, -0.2) is 13.2 Å². The van der Waals surface area contributed by atoms with Gasteiger partial charge >= 0.3 is 0 Å². The monoisotopic (exact) mass is 451 g/mol. The van der Waals surface area contributed by atoms with Crippen molar-refractivity contribution in [2.24, 2.45) is 11.7 Å². The molecular formula is C27H40F3NO. The van der Waals surface area contributed by atoms with E-state index in [1.54, 1.807) is 32.2 Å². The van der Waals surface area contributed by atoms with Crippen LogP contribution in [0.4, 0.5) is 13.2 Å². The minimum Gasteiger partial charge on any atom is -0.384 e. The van der Waals surface area contributed by atoms with Gasteiger partial charge in [-0.05, 0) is 68.7 Å². The molecule has 0 bridgehead atoms. The van der Waals surface area contributed by atoms with E-state index in [1.807, 2.05) is 18.2 Å². The molecular weight excluding hydrogens is 411 g/mol. The molecule has 0 saturated heterocycles. The molecule has 180 valence electrons. The summed E-state index contributed by atoms with van der Waals surface area (Å²) in [5, 5.41) is 0. The zero-order valence-electron chi connectivity index (χ0n) is 20.2. The van der Waals surface area contributed by atoms with Crippen molar-refractivity contribution in [1.29, 1.82) is 0 Å². The van der Waals surface area contributed by atoms with E-state index in [1.165, 1.54) is 24.6 Å². The first-order valence-electron chi connectivity index (χ1n) is 11.0. The molecule has 0 amide bonds. The number of ether oxygens (including phenoxy) is 1. The summed E-state index contributed by atoms with van der Waals surface area (Å²) in [7, 11) is 1.60. The van der Waals surface area contributed by atoms with E-state index in [2.05, 4.69) is 20.4 Å². The highest BCUT2D eigenvalue weighted by Crippen LogP contribution is 2.27. The van der Waals surface area contributed by atoms with Crippen molar-refractivity contribution in [3.8, 4) is 0 Å². The maximum absolute atomic E-state index is 12.9. The number of aryl methyl sites for hydroxylation is 1. The normalized spacial score (nSPS) is 12.5. The van der Waals surface area contributed by atoms with E-state index in [9.17, 15) is 13.2 Å². The first-order valence-corrected chi connectivity index (χ1v) is 11.0. The summed E-state index contributed by atoms with van der Waals surface area (Å²) in [6, 6.07) is 13.5. The number of methoxy groups -OCH3 is 1. The lowest BCUT2D eigenvalue weighted by Crippen LogP contribution is -2.15. The Balaban J connectivity index is 0.000000471. The van der Waals surface area contributed by atoms with Crippen LogP contribution in [0.3, 0.4) is 0 Å². The van der Waals surface area contributed by atoms with Crippen LogP contribution in [0.2, 0.25) is 0 Å². The summed E-state index contributed by atoms with van der Waals surface area (Å²) in [4.78, 5) is 0. The fraction of sp³-hybridized carbons (Fsp3) is 0.481. The third-order valence-electron chi connectivity index (χ3n) is 4.79. The van der Waals surface area contributed by atoms with Crippen molar-refractivity contribution in [3.63, 3.8) is 0 Å². The summed E-state index contributed by atoms with van der Waals surface area (Å²) in [6.45, 7) is 11.2. The van der Waals surface area contributed by atoms with E-state index in [4.69, 9.17) is 10.5 Å². The summed E-state index contributed by atoms with van der Waals surface area (Å²) in [6.07, 6.45) is 6.12. The van der Waals surface area contributed by atoms with E-state index in [0.717, 1.165) is 31.2 Å². The third-order valence-corrected chi connectivity index (χ3v) is 4.79. The standard InChI is InChI=1S/C11H14F2O.C9H19N.C7H7F/c1-11(12,13)10-5-3-4-9(8-10)6-7-14-2;1-4-5-8(2)6-7-9(3)10;1-6-4-2-3-5-7(6)8/h3-5,8H,6-7H2,1-2H3;4,8-9H,1,5-7,10H2,2-3H3;2-5H,1H3. The maximum atomic E-state index is 12.9. The average molecular weight is 452 g/mol. The average Bonchev–Trinajstić information content (AvgIpc) is 2.74. The van der Waals surface area contributed by atoms with Crippen molar-refractivity contribution in [2.75, 3.05) is 13.7 Å². The maximum Gasteiger partial charge on any atom is 0.270 e. The second-order valence-electron chi connectivity index (χ2n) is 8.26. The molecule has 2 atom stereocenters. The van der Waals surface area contributed by atoms with Crippen LogP contribution < -0.4 is 5.73 Å². The van der Waals surface area contributed by atoms with Crippen LogP contribution in [-0.4, -0.2) is 19.8 Å². The molecule has 2 N–H and O–H groups in total. The number of allylic oxidation sites excluding steroid dienone is 1. The third kappa shape index (κ3) is 14.8. The second-order valence-corrected chi connectivity index (χ2v) is 8.26. The molecule has 0 heterocycles. The number of benzene rings is 2. The number of hydrogen-bond donors (Lipinski definition) is 1. The fourth-order valence-electron chi connectivity index (χ4n) is 2.72. The molecule has 0 aromatic heterocycles. The van der Waals surface area contributed by atoms with Crippen LogP contribution in [-0.2, 0) is 17.1 Å². The van der Waals surface area contributed by atoms with Gasteiger partial charge < -0.3 is 10.5 Å². The van der Waals surface area contributed by atoms with Crippen LogP contribution in [0.1, 0.15) is 56.7 Å². The summed E-state index contributed by atoms with van der Waals surface area (Å²) in [5.74, 6) is -2.14. The Labute approximate surface area is 192 Å². The number of halogens is 3. The summed E-state index contributed by atoms with van der Waals surface area (Å²) < 4.78 is 43.1. The van der Waals surface area contributed by atoms with Gasteiger partial charge in [0.2, 0.25) is 0 Å². The van der Waals surface area contributed by atoms with E-state index < -0.39 is 5.92 Å². The molecule has 0 aliphatic carbocycles. The Morgan fingerprint density at radius 3 is 2.22 bits per heavy atom. The number of hydrogen-bond acceptors (Lipinski definition) is 2. The van der Waals surface area contributed by atoms with Gasteiger partial charge in [0, 0.05) is 25.6 Å². The van der Waals surface area contributed by atoms with E-state index in [0.29, 0.717) is 24.6 Å². The molecule has 0 radical (unpaired) electrons. The molecule has 2 unspecified atom stereocenters. The Morgan fingerprint density at radius 2 is 1.75 bits per heavy atom. The lowest BCUT2D eigenvalue weighted by atomic mass is 10.00. The molecule has 0 spiro atoms. The van der Waals surface area contributed by atoms with Crippen molar-refractivity contribution in [1.82, 2.24) is 0 Å². The smallest absolute Gasteiger partial charge is 0.270 e. The van der Waals surface area contributed by atoms with Gasteiger partial charge in [-0.3, -0.25) is 0 Å². The van der Waals surface area contributed by atoms with Gasteiger partial charge in [0.1, 0.15) is 5.82 Å². The highest BCUT2D eigenvalue weighted by Gasteiger charge is 2.23. The zero-order chi connectivity index (χ0) is 24.6. The number of alkyl halides is 2. The molecule has 2 aromatic carbocycles. The first kappa shape index (κ1) is 29.9. The van der Waals surface area contributed by atoms with Gasteiger partial charge in [0.15, 0.2) is 0 Å². The molecule has 0 aliphatic rings. The van der Waals surface area contributed by atoms with Crippen LogP contribution >= 0.6 is 0 Å². The van der Waals surface area contributed by atoms with Gasteiger partial charge in [-0.15, -0.1) is 6.58 Å². The zero-order valence-corrected chi connectivity index (χ0v) is 20.2. The SMILES string of the molecule is C=CCC(C)CCC(C)N.COCCc1cccc(C(C)(F)F)c1.Cc1ccccc1F. The largest absolute Gasteiger partial charge is 0.384 e. The van der Waals surface area contributed by atoms with Crippen LogP contribution in [0.5, 0.6) is 0 Å². The predicted octanol–water partition coefficient (Wildman–Crippen LogP) is 7.45. The minimum absolute atomic E-state index is 0.0612. The molecule has 0 fully saturated rings. The number of nitrogens with two attached hydrogens (primary N) is 1. The summed E-state index contributed by atoms with van der Waals surface area (Å²) in [5.41, 5.74) is 7.25. The molecule has 0 aliphatic heterocycles. The molecule has 2 rings (SSSR count). The Hall–Kier alpha value is -2.11. The van der Waals surface area contributed by atoms with Crippen LogP contribution in [0, 0.1) is 18.7 Å². The van der Waals surface area contributed by atoms with Crippen molar-refractivity contribution in [2.45, 2.75) is 65.3 Å². The highest BCUT2D eigenvalue weighted by atomic mass is 19.3. The fourth-order valence-corrected chi connectivity index (χ4v) is 2.72. The van der Waals surface area contributed by atoms with Crippen molar-refractivity contribution < 1.29 is 17.9 Å². The minimum atomic E-state index is -2.76. The van der Waals surface area contributed by atoms with Gasteiger partial charge in [0.25, 0.3) is 5.92 Å². The van der Waals surface area contributed by atoms with Gasteiger partial charge in [0.05, 0.1) is 6.61 Å². The molecule has 2 nitrogen and oxygen atoms in total. The van der Waals surface area contributed by atoms with Crippen molar-refractivity contribution in [3.05, 3.63) is 83.7 Å². The van der Waals surface area contributed by atoms with E-state index >= 15 is 0 Å². The topological polar surface area (TPSA) is 35.2 Å². The Morgan fingerprint density at radius 1 is 1.09 bits per heavy atom. The molecule has 32 heavy (non-hydrogen) atoms. The number of rotatable bonds is 9. The Kier molecular flexibility index (Phi) is 15.4. The second kappa shape index (κ2) is 16.5. The lowest BCUT2D eigenvalue weighted by molar-refractivity contribution is 0.0173. The molecule has 2 aromatic rings. The van der Waals surface area contributed by atoms with Crippen LogP contribution in [0.25, 0.3) is 0 Å². The van der Waals surface area contributed by atoms with Gasteiger partial charge in [-0.1, -0.05) is 49.4 Å². The van der Waals surface area contributed by atoms with E-state index in [-0.39, 0.29) is 11.4 Å². The molecule has 5 heteroatoms. The predicted molar refractivity (Wildman–Crippen MR) is 130 cm³/mol. The highest BCUT2D eigenvalue weighted by molar-refractivity contribution is 5.26. The van der Waals surface area contributed by atoms with Crippen LogP contribution in [0.15, 0.2) is 61.2 Å². The molecule has 0 saturated carbocycles. The Bertz CT molecular complexity index is 736. The van der Waals surface area contributed by atoms with Gasteiger partial charge in [-0.2, -0.15) is 0 Å².